The smallest absolute Gasteiger partial charge is 0.311 e. The van der Waals surface area contributed by atoms with Crippen LogP contribution in [0.15, 0.2) is 46.1 Å². The van der Waals surface area contributed by atoms with Crippen molar-refractivity contribution in [1.82, 2.24) is 5.16 Å². The highest BCUT2D eigenvalue weighted by Gasteiger charge is 2.07. The predicted octanol–water partition coefficient (Wildman–Crippen LogP) is 1.54. The summed E-state index contributed by atoms with van der Waals surface area (Å²) in [7, 11) is 0. The Bertz CT molecular complexity index is 592. The lowest BCUT2D eigenvalue weighted by molar-refractivity contribution is -0.134. The second kappa shape index (κ2) is 7.91. The van der Waals surface area contributed by atoms with Crippen LogP contribution in [0.5, 0.6) is 5.75 Å². The Morgan fingerprint density at radius 3 is 2.52 bits per heavy atom. The molecule has 0 spiro atoms. The van der Waals surface area contributed by atoms with Crippen molar-refractivity contribution in [2.75, 3.05) is 0 Å². The molecule has 1 aromatic heterocycles. The highest BCUT2D eigenvalue weighted by atomic mass is 35.5. The minimum atomic E-state index is -0.345. The van der Waals surface area contributed by atoms with E-state index in [9.17, 15) is 4.79 Å². The van der Waals surface area contributed by atoms with Crippen molar-refractivity contribution in [3.63, 3.8) is 0 Å². The second-order valence-corrected chi connectivity index (χ2v) is 4.00. The van der Waals surface area contributed by atoms with Gasteiger partial charge >= 0.3 is 5.97 Å². The van der Waals surface area contributed by atoms with Crippen molar-refractivity contribution in [2.24, 2.45) is 16.5 Å². The highest BCUT2D eigenvalue weighted by Crippen LogP contribution is 2.18. The summed E-state index contributed by atoms with van der Waals surface area (Å²) in [6.45, 7) is 0. The van der Waals surface area contributed by atoms with Crippen molar-refractivity contribution in [2.45, 2.75) is 12.8 Å². The van der Waals surface area contributed by atoms with Crippen molar-refractivity contribution >= 4 is 30.0 Å². The molecule has 2 rings (SSSR count). The van der Waals surface area contributed by atoms with Crippen LogP contribution in [0.3, 0.4) is 0 Å². The quantitative estimate of drug-likeness (QED) is 0.374. The maximum absolute atomic E-state index is 11.6. The molecule has 7 nitrogen and oxygen atoms in total. The normalized spacial score (nSPS) is 9.52. The number of guanidine groups is 1. The van der Waals surface area contributed by atoms with E-state index in [4.69, 9.17) is 16.2 Å². The molecule has 0 atom stereocenters. The average Bonchev–Trinajstić information content (AvgIpc) is 2.91. The summed E-state index contributed by atoms with van der Waals surface area (Å²) in [6, 6.07) is 8.25. The molecule has 1 aromatic carbocycles. The van der Waals surface area contributed by atoms with E-state index < -0.39 is 0 Å². The number of aliphatic imine (C=N–C) groups is 1. The molecule has 2 aromatic rings. The number of nitrogens with zero attached hydrogens (tertiary/aromatic N) is 2. The van der Waals surface area contributed by atoms with Gasteiger partial charge in [0.15, 0.2) is 5.96 Å². The molecule has 0 unspecified atom stereocenters. The Kier molecular flexibility index (Phi) is 6.22. The van der Waals surface area contributed by atoms with E-state index in [-0.39, 0.29) is 30.8 Å². The van der Waals surface area contributed by atoms with Gasteiger partial charge in [0.1, 0.15) is 12.0 Å². The molecule has 0 saturated carbocycles. The molecule has 0 radical (unpaired) electrons. The first-order valence-electron chi connectivity index (χ1n) is 5.93. The molecule has 112 valence electrons. The Labute approximate surface area is 127 Å². The van der Waals surface area contributed by atoms with Crippen molar-refractivity contribution < 1.29 is 14.1 Å². The fourth-order valence-corrected chi connectivity index (χ4v) is 1.52. The molecule has 4 N–H and O–H groups in total. The predicted molar refractivity (Wildman–Crippen MR) is 79.6 cm³/mol. The number of hydrogen-bond donors (Lipinski definition) is 2. The molecule has 21 heavy (non-hydrogen) atoms. The van der Waals surface area contributed by atoms with Crippen LogP contribution in [-0.4, -0.2) is 17.1 Å². The van der Waals surface area contributed by atoms with Crippen LogP contribution in [0.4, 0.5) is 5.69 Å². The lowest BCUT2D eigenvalue weighted by Crippen LogP contribution is -2.21. The summed E-state index contributed by atoms with van der Waals surface area (Å²) in [5, 5.41) is 3.71. The molecule has 0 aliphatic carbocycles. The van der Waals surface area contributed by atoms with Crippen LogP contribution in [0, 0.1) is 0 Å². The second-order valence-electron chi connectivity index (χ2n) is 4.00. The number of hydrogen-bond acceptors (Lipinski definition) is 5. The van der Waals surface area contributed by atoms with Gasteiger partial charge in [0.2, 0.25) is 0 Å². The zero-order valence-corrected chi connectivity index (χ0v) is 11.9. The largest absolute Gasteiger partial charge is 0.427 e. The van der Waals surface area contributed by atoms with Gasteiger partial charge < -0.3 is 20.7 Å². The maximum atomic E-state index is 11.6. The summed E-state index contributed by atoms with van der Waals surface area (Å²) >= 11 is 0. The molecular weight excluding hydrogens is 296 g/mol. The van der Waals surface area contributed by atoms with E-state index in [1.807, 2.05) is 0 Å². The standard InChI is InChI=1S/C13H14N4O3.ClH/c14-13(15)16-9-1-4-11(5-2-9)20-12(18)6-3-10-7-8-19-17-10;/h1-2,4-5,7-8H,3,6H2,(H4,14,15,16);1H. The Hall–Kier alpha value is -2.54. The first-order chi connectivity index (χ1) is 9.63. The van der Waals surface area contributed by atoms with Gasteiger partial charge in [-0.1, -0.05) is 5.16 Å². The third kappa shape index (κ3) is 5.53. The Balaban J connectivity index is 0.00000220. The van der Waals surface area contributed by atoms with Gasteiger partial charge in [-0.25, -0.2) is 4.99 Å². The van der Waals surface area contributed by atoms with E-state index in [0.29, 0.717) is 23.6 Å². The van der Waals surface area contributed by atoms with Gasteiger partial charge in [-0.3, -0.25) is 4.79 Å². The number of nitrogens with two attached hydrogens (primary N) is 2. The molecule has 0 aliphatic heterocycles. The molecule has 8 heteroatoms. The molecule has 1 heterocycles. The lowest BCUT2D eigenvalue weighted by Gasteiger charge is -2.03. The van der Waals surface area contributed by atoms with E-state index in [0.717, 1.165) is 0 Å². The molecule has 0 amide bonds. The average molecular weight is 311 g/mol. The van der Waals surface area contributed by atoms with E-state index in [1.165, 1.54) is 6.26 Å². The number of halogens is 1. The summed E-state index contributed by atoms with van der Waals surface area (Å²) < 4.78 is 9.84. The fraction of sp³-hybridized carbons (Fsp3) is 0.154. The zero-order valence-electron chi connectivity index (χ0n) is 11.1. The van der Waals surface area contributed by atoms with E-state index in [2.05, 4.69) is 14.7 Å². The molecular formula is C13H15ClN4O3. The number of carbonyl (C=O) groups excluding carboxylic acids is 1. The van der Waals surface area contributed by atoms with Gasteiger partial charge in [0.25, 0.3) is 0 Å². The number of rotatable bonds is 5. The number of ether oxygens (including phenoxy) is 1. The Morgan fingerprint density at radius 2 is 1.95 bits per heavy atom. The van der Waals surface area contributed by atoms with Crippen molar-refractivity contribution in [3.05, 3.63) is 42.3 Å². The number of benzene rings is 1. The molecule has 0 bridgehead atoms. The van der Waals surface area contributed by atoms with Gasteiger partial charge in [-0.15, -0.1) is 12.4 Å². The SMILES string of the molecule is Cl.NC(N)=Nc1ccc(OC(=O)CCc2ccon2)cc1. The number of carbonyl (C=O) groups is 1. The summed E-state index contributed by atoms with van der Waals surface area (Å²) in [5.74, 6) is 0.0645. The number of aromatic nitrogens is 1. The monoisotopic (exact) mass is 310 g/mol. The third-order valence-electron chi connectivity index (χ3n) is 2.40. The van der Waals surface area contributed by atoms with Crippen LogP contribution in [0.25, 0.3) is 0 Å². The summed E-state index contributed by atoms with van der Waals surface area (Å²) in [4.78, 5) is 15.5. The zero-order chi connectivity index (χ0) is 14.4. The Morgan fingerprint density at radius 1 is 1.24 bits per heavy atom. The van der Waals surface area contributed by atoms with Crippen molar-refractivity contribution in [3.8, 4) is 5.75 Å². The summed E-state index contributed by atoms with van der Waals surface area (Å²) in [6.07, 6.45) is 2.16. The van der Waals surface area contributed by atoms with Gasteiger partial charge in [0, 0.05) is 12.5 Å². The van der Waals surface area contributed by atoms with Crippen LogP contribution in [0.1, 0.15) is 12.1 Å². The van der Waals surface area contributed by atoms with Gasteiger partial charge in [-0.2, -0.15) is 0 Å². The van der Waals surface area contributed by atoms with E-state index in [1.54, 1.807) is 30.3 Å². The molecule has 0 fully saturated rings. The molecule has 0 saturated heterocycles. The fourth-order valence-electron chi connectivity index (χ4n) is 1.52. The lowest BCUT2D eigenvalue weighted by atomic mass is 10.2. The van der Waals surface area contributed by atoms with Crippen LogP contribution in [-0.2, 0) is 11.2 Å². The van der Waals surface area contributed by atoms with Crippen LogP contribution in [0.2, 0.25) is 0 Å². The number of esters is 1. The van der Waals surface area contributed by atoms with Crippen molar-refractivity contribution in [1.29, 1.82) is 0 Å². The first kappa shape index (κ1) is 16.5. The molecule has 0 aliphatic rings. The number of aryl methyl sites for hydroxylation is 1. The highest BCUT2D eigenvalue weighted by molar-refractivity contribution is 5.85. The third-order valence-corrected chi connectivity index (χ3v) is 2.40. The van der Waals surface area contributed by atoms with Gasteiger partial charge in [0.05, 0.1) is 17.8 Å². The first-order valence-corrected chi connectivity index (χ1v) is 5.93. The van der Waals surface area contributed by atoms with Gasteiger partial charge in [-0.05, 0) is 24.3 Å². The van der Waals surface area contributed by atoms with Crippen LogP contribution < -0.4 is 16.2 Å². The van der Waals surface area contributed by atoms with E-state index >= 15 is 0 Å². The topological polar surface area (TPSA) is 117 Å². The maximum Gasteiger partial charge on any atom is 0.311 e. The minimum absolute atomic E-state index is 0. The summed E-state index contributed by atoms with van der Waals surface area (Å²) in [5.41, 5.74) is 11.8. The minimum Gasteiger partial charge on any atom is -0.427 e. The van der Waals surface area contributed by atoms with Crippen LogP contribution >= 0.6 is 12.4 Å².